The molecule has 0 bridgehead atoms. The molecule has 0 unspecified atom stereocenters. The third-order valence-electron chi connectivity index (χ3n) is 5.55. The van der Waals surface area contributed by atoms with Crippen molar-refractivity contribution in [2.75, 3.05) is 18.4 Å². The van der Waals surface area contributed by atoms with Crippen molar-refractivity contribution >= 4 is 34.4 Å². The minimum absolute atomic E-state index is 0.0512. The molecule has 0 fully saturated rings. The number of rotatable bonds is 5. The number of H-pyrrole nitrogens is 1. The van der Waals surface area contributed by atoms with Gasteiger partial charge >= 0.3 is 12.1 Å². The van der Waals surface area contributed by atoms with E-state index in [1.165, 1.54) is 0 Å². The summed E-state index contributed by atoms with van der Waals surface area (Å²) in [6, 6.07) is 10.8. The Kier molecular flexibility index (Phi) is 6.85. The second-order valence-corrected chi connectivity index (χ2v) is 9.33. The first-order valence-corrected chi connectivity index (χ1v) is 11.3. The minimum Gasteiger partial charge on any atom is -0.444 e. The second kappa shape index (κ2) is 9.99. The van der Waals surface area contributed by atoms with Crippen LogP contribution in [0.25, 0.3) is 16.6 Å². The van der Waals surface area contributed by atoms with E-state index in [1.807, 2.05) is 39.1 Å². The van der Waals surface area contributed by atoms with Crippen molar-refractivity contribution in [3.8, 4) is 6.07 Å². The molecule has 0 atom stereocenters. The number of carbonyl (C=O) groups excluding carboxylic acids is 2. The summed E-state index contributed by atoms with van der Waals surface area (Å²) in [5.74, 6) is -0.258. The first-order chi connectivity index (χ1) is 16.7. The highest BCUT2D eigenvalue weighted by Crippen LogP contribution is 2.30. The standard InChI is InChI=1S/C26H27N5O4/c1-26(2,3)24(32)35-31-9-7-19(8-10-31)22-15-29-23-21(22)12-20(14-28-23)30-25(33)34-16-18-6-4-5-17(11-18)13-27/h4-7,11-12,14-15H,8-10,16H2,1-3H3,(H,28,29)(H,30,33). The summed E-state index contributed by atoms with van der Waals surface area (Å²) >= 11 is 0. The number of hydrogen-bond donors (Lipinski definition) is 2. The van der Waals surface area contributed by atoms with Crippen LogP contribution in [0.3, 0.4) is 0 Å². The highest BCUT2D eigenvalue weighted by Gasteiger charge is 2.27. The van der Waals surface area contributed by atoms with E-state index in [1.54, 1.807) is 35.5 Å². The number of nitriles is 1. The lowest BCUT2D eigenvalue weighted by Gasteiger charge is -2.27. The molecule has 9 heteroatoms. The molecule has 9 nitrogen and oxygen atoms in total. The van der Waals surface area contributed by atoms with Gasteiger partial charge in [-0.2, -0.15) is 5.26 Å². The Labute approximate surface area is 203 Å². The molecule has 3 aromatic rings. The number of pyridine rings is 1. The zero-order valence-electron chi connectivity index (χ0n) is 19.9. The van der Waals surface area contributed by atoms with E-state index in [9.17, 15) is 9.59 Å². The smallest absolute Gasteiger partial charge is 0.412 e. The quantitative estimate of drug-likeness (QED) is 0.547. The number of ether oxygens (including phenoxy) is 1. The van der Waals surface area contributed by atoms with Crippen molar-refractivity contribution < 1.29 is 19.2 Å². The van der Waals surface area contributed by atoms with Crippen LogP contribution in [0.1, 0.15) is 43.9 Å². The fourth-order valence-corrected chi connectivity index (χ4v) is 3.60. The molecule has 2 N–H and O–H groups in total. The molecule has 0 radical (unpaired) electrons. The first kappa shape index (κ1) is 24.0. The van der Waals surface area contributed by atoms with Crippen molar-refractivity contribution in [2.45, 2.75) is 33.8 Å². The van der Waals surface area contributed by atoms with E-state index < -0.39 is 11.5 Å². The predicted octanol–water partition coefficient (Wildman–Crippen LogP) is 4.78. The van der Waals surface area contributed by atoms with E-state index in [-0.39, 0.29) is 12.6 Å². The maximum atomic E-state index is 12.3. The molecule has 4 rings (SSSR count). The Morgan fingerprint density at radius 3 is 2.83 bits per heavy atom. The molecular weight excluding hydrogens is 446 g/mol. The van der Waals surface area contributed by atoms with Gasteiger partial charge in [-0.25, -0.2) is 14.6 Å². The Morgan fingerprint density at radius 1 is 1.29 bits per heavy atom. The van der Waals surface area contributed by atoms with Crippen molar-refractivity contribution in [1.82, 2.24) is 15.0 Å². The highest BCUT2D eigenvalue weighted by atomic mass is 16.7. The van der Waals surface area contributed by atoms with Gasteiger partial charge in [0.15, 0.2) is 0 Å². The largest absolute Gasteiger partial charge is 0.444 e. The van der Waals surface area contributed by atoms with Gasteiger partial charge in [-0.05, 0) is 56.5 Å². The molecule has 0 aliphatic carbocycles. The van der Waals surface area contributed by atoms with Crippen LogP contribution in [0, 0.1) is 16.7 Å². The fraction of sp³-hybridized carbons (Fsp3) is 0.308. The van der Waals surface area contributed by atoms with Gasteiger partial charge in [0.2, 0.25) is 0 Å². The minimum atomic E-state index is -0.612. The molecule has 2 aromatic heterocycles. The maximum absolute atomic E-state index is 12.3. The van der Waals surface area contributed by atoms with Crippen LogP contribution in [0.5, 0.6) is 0 Å². The van der Waals surface area contributed by atoms with Gasteiger partial charge in [-0.3, -0.25) is 5.32 Å². The van der Waals surface area contributed by atoms with Crippen LogP contribution in [-0.2, 0) is 21.0 Å². The van der Waals surface area contributed by atoms with E-state index in [2.05, 4.69) is 21.4 Å². The summed E-state index contributed by atoms with van der Waals surface area (Å²) in [4.78, 5) is 37.5. The molecule has 0 spiro atoms. The number of nitrogens with zero attached hydrogens (tertiary/aromatic N) is 3. The summed E-state index contributed by atoms with van der Waals surface area (Å²) in [6.07, 6.45) is 5.57. The maximum Gasteiger partial charge on any atom is 0.412 e. The van der Waals surface area contributed by atoms with Gasteiger partial charge in [-0.1, -0.05) is 18.2 Å². The van der Waals surface area contributed by atoms with E-state index >= 15 is 0 Å². The van der Waals surface area contributed by atoms with Gasteiger partial charge in [0.25, 0.3) is 0 Å². The average Bonchev–Trinajstić information content (AvgIpc) is 3.26. The SMILES string of the molecule is CC(C)(C)C(=O)ON1CC=C(c2c[nH]c3ncc(NC(=O)OCc4cccc(C#N)c4)cc23)CC1. The van der Waals surface area contributed by atoms with Crippen LogP contribution >= 0.6 is 0 Å². The molecule has 180 valence electrons. The Morgan fingerprint density at radius 2 is 2.11 bits per heavy atom. The number of nitrogens with one attached hydrogen (secondary N) is 2. The zero-order chi connectivity index (χ0) is 25.0. The molecule has 1 aliphatic heterocycles. The molecule has 1 aromatic carbocycles. The van der Waals surface area contributed by atoms with Gasteiger partial charge in [-0.15, -0.1) is 5.06 Å². The van der Waals surface area contributed by atoms with Gasteiger partial charge in [0.1, 0.15) is 12.3 Å². The topological polar surface area (TPSA) is 120 Å². The third kappa shape index (κ3) is 5.86. The molecular formula is C26H27N5O4. The molecule has 1 aliphatic rings. The second-order valence-electron chi connectivity index (χ2n) is 9.33. The fourth-order valence-electron chi connectivity index (χ4n) is 3.60. The Bertz CT molecular complexity index is 1330. The number of carbonyl (C=O) groups is 2. The van der Waals surface area contributed by atoms with Gasteiger partial charge < -0.3 is 14.6 Å². The number of amides is 1. The summed E-state index contributed by atoms with van der Waals surface area (Å²) in [5, 5.41) is 14.2. The number of hydrogen-bond acceptors (Lipinski definition) is 7. The first-order valence-electron chi connectivity index (χ1n) is 11.3. The van der Waals surface area contributed by atoms with Crippen molar-refractivity contribution in [3.63, 3.8) is 0 Å². The van der Waals surface area contributed by atoms with Crippen LogP contribution in [0.4, 0.5) is 10.5 Å². The predicted molar refractivity (Wildman–Crippen MR) is 131 cm³/mol. The third-order valence-corrected chi connectivity index (χ3v) is 5.55. The highest BCUT2D eigenvalue weighted by molar-refractivity contribution is 5.94. The van der Waals surface area contributed by atoms with Crippen LogP contribution in [0.2, 0.25) is 0 Å². The molecule has 3 heterocycles. The van der Waals surface area contributed by atoms with Crippen molar-refractivity contribution in [1.29, 1.82) is 5.26 Å². The van der Waals surface area contributed by atoms with E-state index in [4.69, 9.17) is 14.8 Å². The number of fused-ring (bicyclic) bond motifs is 1. The van der Waals surface area contributed by atoms with E-state index in [0.717, 1.165) is 22.1 Å². The van der Waals surface area contributed by atoms with Gasteiger partial charge in [0.05, 0.1) is 35.5 Å². The van der Waals surface area contributed by atoms with Crippen molar-refractivity contribution in [2.24, 2.45) is 5.41 Å². The van der Waals surface area contributed by atoms with E-state index in [0.29, 0.717) is 36.4 Å². The number of aromatic nitrogens is 2. The van der Waals surface area contributed by atoms with Crippen molar-refractivity contribution in [3.05, 3.63) is 65.5 Å². The van der Waals surface area contributed by atoms with Crippen LogP contribution in [-0.4, -0.2) is 40.2 Å². The Hall–Kier alpha value is -4.16. The lowest BCUT2D eigenvalue weighted by molar-refractivity contribution is -0.198. The lowest BCUT2D eigenvalue weighted by Crippen LogP contribution is -2.35. The molecule has 35 heavy (non-hydrogen) atoms. The lowest BCUT2D eigenvalue weighted by atomic mass is 9.97. The number of hydroxylamine groups is 2. The average molecular weight is 474 g/mol. The monoisotopic (exact) mass is 473 g/mol. The molecule has 0 saturated carbocycles. The summed E-state index contributed by atoms with van der Waals surface area (Å²) in [7, 11) is 0. The zero-order valence-corrected chi connectivity index (χ0v) is 19.9. The van der Waals surface area contributed by atoms with Gasteiger partial charge in [0, 0.05) is 23.7 Å². The molecule has 1 amide bonds. The summed E-state index contributed by atoms with van der Waals surface area (Å²) in [6.45, 7) is 6.61. The van der Waals surface area contributed by atoms with Crippen LogP contribution < -0.4 is 5.32 Å². The normalized spacial score (nSPS) is 14.2. The summed E-state index contributed by atoms with van der Waals surface area (Å²) < 4.78 is 5.29. The molecule has 0 saturated heterocycles. The van der Waals surface area contributed by atoms with Crippen LogP contribution in [0.15, 0.2) is 48.8 Å². The Balaban J connectivity index is 1.41. The number of anilines is 1. The number of benzene rings is 1. The summed E-state index contributed by atoms with van der Waals surface area (Å²) in [5.41, 5.74) is 3.98. The number of aromatic amines is 1.